The third kappa shape index (κ3) is 4.99. The molecular weight excluding hydrogens is 443 g/mol. The summed E-state index contributed by atoms with van der Waals surface area (Å²) in [7, 11) is 3.30. The lowest BCUT2D eigenvalue weighted by Crippen LogP contribution is -2.33. The molecular formula is C25H30ClFN4O2. The second-order valence-electron chi connectivity index (χ2n) is 8.45. The van der Waals surface area contributed by atoms with Crippen LogP contribution in [0.2, 0.25) is 5.02 Å². The van der Waals surface area contributed by atoms with Crippen molar-refractivity contribution in [3.63, 3.8) is 0 Å². The molecule has 0 N–H and O–H groups in total. The molecule has 3 aromatic rings. The van der Waals surface area contributed by atoms with Gasteiger partial charge in [0.05, 0.1) is 30.5 Å². The highest BCUT2D eigenvalue weighted by Gasteiger charge is 2.33. The predicted molar refractivity (Wildman–Crippen MR) is 128 cm³/mol. The minimum atomic E-state index is -0.264. The maximum absolute atomic E-state index is 13.6. The van der Waals surface area contributed by atoms with E-state index in [1.54, 1.807) is 26.4 Å². The quantitative estimate of drug-likeness (QED) is 0.370. The van der Waals surface area contributed by atoms with Gasteiger partial charge in [0, 0.05) is 25.6 Å². The van der Waals surface area contributed by atoms with Crippen molar-refractivity contribution in [2.45, 2.75) is 45.1 Å². The van der Waals surface area contributed by atoms with E-state index in [0.717, 1.165) is 54.2 Å². The van der Waals surface area contributed by atoms with E-state index in [9.17, 15) is 4.39 Å². The summed E-state index contributed by atoms with van der Waals surface area (Å²) in [4.78, 5) is 7.13. The minimum Gasteiger partial charge on any atom is -0.496 e. The number of halogens is 2. The maximum Gasteiger partial charge on any atom is 0.246 e. The number of ether oxygens (including phenoxy) is 2. The van der Waals surface area contributed by atoms with Crippen molar-refractivity contribution >= 4 is 17.5 Å². The Labute approximate surface area is 199 Å². The number of aryl methyl sites for hydroxylation is 1. The fourth-order valence-electron chi connectivity index (χ4n) is 4.09. The van der Waals surface area contributed by atoms with Gasteiger partial charge in [-0.1, -0.05) is 30.7 Å². The van der Waals surface area contributed by atoms with Gasteiger partial charge in [-0.2, -0.15) is 4.98 Å². The summed E-state index contributed by atoms with van der Waals surface area (Å²) in [5.41, 5.74) is 2.72. The Morgan fingerprint density at radius 2 is 1.94 bits per heavy atom. The van der Waals surface area contributed by atoms with Crippen molar-refractivity contribution < 1.29 is 13.9 Å². The van der Waals surface area contributed by atoms with Crippen LogP contribution in [0.3, 0.4) is 0 Å². The van der Waals surface area contributed by atoms with Crippen LogP contribution in [0.5, 0.6) is 5.75 Å². The van der Waals surface area contributed by atoms with Crippen LogP contribution in [-0.2, 0) is 4.74 Å². The largest absolute Gasteiger partial charge is 0.496 e. The lowest BCUT2D eigenvalue weighted by molar-refractivity contribution is 0.176. The third-order valence-corrected chi connectivity index (χ3v) is 6.24. The van der Waals surface area contributed by atoms with Crippen molar-refractivity contribution in [1.82, 2.24) is 14.8 Å². The molecule has 6 nitrogen and oxygen atoms in total. The molecule has 1 heterocycles. The fourth-order valence-corrected chi connectivity index (χ4v) is 4.33. The molecule has 0 aliphatic heterocycles. The smallest absolute Gasteiger partial charge is 0.246 e. The van der Waals surface area contributed by atoms with Gasteiger partial charge in [0.25, 0.3) is 0 Å². The van der Waals surface area contributed by atoms with Crippen molar-refractivity contribution in [3.8, 4) is 11.4 Å². The molecule has 2 aromatic carbocycles. The van der Waals surface area contributed by atoms with Crippen LogP contribution in [0.15, 0.2) is 36.4 Å². The lowest BCUT2D eigenvalue weighted by atomic mass is 10.1. The Kier molecular flexibility index (Phi) is 7.20. The Hall–Kier alpha value is -2.64. The second-order valence-corrected chi connectivity index (χ2v) is 8.85. The van der Waals surface area contributed by atoms with Crippen LogP contribution < -0.4 is 9.64 Å². The standard InChI is InChI=1S/C25H30ClFN4O2/c1-5-12-30(22(15-32-3)17-8-10-19(27)11-9-17)25-28-24(18-6-7-18)31(29-25)21-13-16(2)23(33-4)14-20(21)26/h8-11,13-14,18,22H,5-7,12,15H2,1-4H3/t22-/m0/s1. The van der Waals surface area contributed by atoms with Crippen molar-refractivity contribution in [3.05, 3.63) is 64.2 Å². The summed E-state index contributed by atoms with van der Waals surface area (Å²) in [6.45, 7) is 5.26. The predicted octanol–water partition coefficient (Wildman–Crippen LogP) is 5.86. The number of rotatable bonds is 10. The Bertz CT molecular complexity index is 1100. The molecule has 176 valence electrons. The van der Waals surface area contributed by atoms with E-state index in [0.29, 0.717) is 23.5 Å². The molecule has 1 atom stereocenters. The van der Waals surface area contributed by atoms with Gasteiger partial charge in [-0.25, -0.2) is 9.07 Å². The summed E-state index contributed by atoms with van der Waals surface area (Å²) in [6.07, 6.45) is 3.06. The van der Waals surface area contributed by atoms with E-state index >= 15 is 0 Å². The van der Waals surface area contributed by atoms with E-state index in [1.165, 1.54) is 12.1 Å². The first kappa shape index (κ1) is 23.5. The lowest BCUT2D eigenvalue weighted by Gasteiger charge is -2.30. The van der Waals surface area contributed by atoms with Crippen LogP contribution in [0, 0.1) is 12.7 Å². The zero-order valence-electron chi connectivity index (χ0n) is 19.5. The van der Waals surface area contributed by atoms with Crippen molar-refractivity contribution in [1.29, 1.82) is 0 Å². The summed E-state index contributed by atoms with van der Waals surface area (Å²) in [5, 5.41) is 5.50. The van der Waals surface area contributed by atoms with Crippen LogP contribution in [0.25, 0.3) is 5.69 Å². The van der Waals surface area contributed by atoms with Crippen LogP contribution in [-0.4, -0.2) is 42.1 Å². The Balaban J connectivity index is 1.79. The summed E-state index contributed by atoms with van der Waals surface area (Å²) >= 11 is 6.65. The van der Waals surface area contributed by atoms with Gasteiger partial charge in [0.2, 0.25) is 5.95 Å². The number of anilines is 1. The number of aromatic nitrogens is 3. The average molecular weight is 473 g/mol. The maximum atomic E-state index is 13.6. The molecule has 0 bridgehead atoms. The number of benzene rings is 2. The SMILES string of the molecule is CCCN(c1nc(C2CC2)n(-c2cc(C)c(OC)cc2Cl)n1)[C@@H](COC)c1ccc(F)cc1. The van der Waals surface area contributed by atoms with Gasteiger partial charge in [-0.3, -0.25) is 0 Å². The molecule has 0 spiro atoms. The molecule has 33 heavy (non-hydrogen) atoms. The first-order valence-corrected chi connectivity index (χ1v) is 11.7. The summed E-state index contributed by atoms with van der Waals surface area (Å²) < 4.78 is 26.4. The monoisotopic (exact) mass is 472 g/mol. The molecule has 1 aliphatic carbocycles. The van der Waals surface area contributed by atoms with Gasteiger partial charge in [0.15, 0.2) is 0 Å². The van der Waals surface area contributed by atoms with E-state index in [-0.39, 0.29) is 11.9 Å². The molecule has 0 unspecified atom stereocenters. The first-order valence-electron chi connectivity index (χ1n) is 11.3. The van der Waals surface area contributed by atoms with E-state index in [2.05, 4.69) is 11.8 Å². The number of methoxy groups -OCH3 is 2. The highest BCUT2D eigenvalue weighted by molar-refractivity contribution is 6.32. The summed E-state index contributed by atoms with van der Waals surface area (Å²) in [5.74, 6) is 2.36. The van der Waals surface area contributed by atoms with Gasteiger partial charge >= 0.3 is 0 Å². The molecule has 1 aromatic heterocycles. The van der Waals surface area contributed by atoms with Crippen LogP contribution in [0.1, 0.15) is 55.1 Å². The molecule has 8 heteroatoms. The highest BCUT2D eigenvalue weighted by Crippen LogP contribution is 2.42. The molecule has 1 fully saturated rings. The molecule has 0 saturated heterocycles. The van der Waals surface area contributed by atoms with Crippen molar-refractivity contribution in [2.75, 3.05) is 32.3 Å². The first-order chi connectivity index (χ1) is 16.0. The van der Waals surface area contributed by atoms with Gasteiger partial charge in [-0.15, -0.1) is 5.10 Å². The van der Waals surface area contributed by atoms with Crippen LogP contribution in [0.4, 0.5) is 10.3 Å². The third-order valence-electron chi connectivity index (χ3n) is 5.93. The average Bonchev–Trinajstić information content (AvgIpc) is 3.57. The molecule has 0 radical (unpaired) electrons. The van der Waals surface area contributed by atoms with E-state index in [1.807, 2.05) is 23.7 Å². The fraction of sp³-hybridized carbons (Fsp3) is 0.440. The highest BCUT2D eigenvalue weighted by atomic mass is 35.5. The Morgan fingerprint density at radius 3 is 2.55 bits per heavy atom. The molecule has 0 amide bonds. The molecule has 1 saturated carbocycles. The number of hydrogen-bond donors (Lipinski definition) is 0. The van der Waals surface area contributed by atoms with Gasteiger partial charge in [0.1, 0.15) is 17.4 Å². The number of nitrogens with zero attached hydrogens (tertiary/aromatic N) is 4. The van der Waals surface area contributed by atoms with Crippen LogP contribution >= 0.6 is 11.6 Å². The topological polar surface area (TPSA) is 52.4 Å². The zero-order valence-corrected chi connectivity index (χ0v) is 20.3. The summed E-state index contributed by atoms with van der Waals surface area (Å²) in [6, 6.07) is 10.2. The normalized spacial score (nSPS) is 14.4. The Morgan fingerprint density at radius 1 is 1.21 bits per heavy atom. The minimum absolute atomic E-state index is 0.147. The van der Waals surface area contributed by atoms with Gasteiger partial charge in [-0.05, 0) is 55.5 Å². The van der Waals surface area contributed by atoms with Crippen molar-refractivity contribution in [2.24, 2.45) is 0 Å². The van der Waals surface area contributed by atoms with E-state index < -0.39 is 0 Å². The van der Waals surface area contributed by atoms with E-state index in [4.69, 9.17) is 31.2 Å². The molecule has 4 rings (SSSR count). The molecule has 1 aliphatic rings. The van der Waals surface area contributed by atoms with Gasteiger partial charge < -0.3 is 14.4 Å². The second kappa shape index (κ2) is 10.1. The number of hydrogen-bond acceptors (Lipinski definition) is 5. The zero-order chi connectivity index (χ0) is 23.5.